The molecule has 0 aliphatic carbocycles. The Labute approximate surface area is 314 Å². The molecule has 0 atom stereocenters. The summed E-state index contributed by atoms with van der Waals surface area (Å²) in [4.78, 5) is 18.0. The fourth-order valence-electron chi connectivity index (χ4n) is 7.83. The van der Waals surface area contributed by atoms with E-state index < -0.39 is 8.07 Å². The van der Waals surface area contributed by atoms with Crippen molar-refractivity contribution < 1.29 is 5.11 Å². The summed E-state index contributed by atoms with van der Waals surface area (Å²) in [5.41, 5.74) is 8.34. The van der Waals surface area contributed by atoms with Crippen molar-refractivity contribution in [1.82, 2.24) is 15.0 Å². The van der Waals surface area contributed by atoms with Crippen molar-refractivity contribution in [2.24, 2.45) is 0 Å². The Morgan fingerprint density at radius 1 is 0.642 bits per heavy atom. The quantitative estimate of drug-likeness (QED) is 0.180. The number of fused-ring (bicyclic) bond motifs is 4. The molecule has 53 heavy (non-hydrogen) atoms. The highest BCUT2D eigenvalue weighted by Crippen LogP contribution is 2.44. The van der Waals surface area contributed by atoms with Gasteiger partial charge in [0.15, 0.2) is 5.82 Å². The topological polar surface area (TPSA) is 62.1 Å². The minimum Gasteiger partial charge on any atom is -0.507 e. The van der Waals surface area contributed by atoms with Crippen LogP contribution in [0.15, 0.2) is 128 Å². The van der Waals surface area contributed by atoms with Crippen LogP contribution >= 0.6 is 0 Å². The van der Waals surface area contributed by atoms with E-state index in [1.165, 1.54) is 10.4 Å². The van der Waals surface area contributed by atoms with Gasteiger partial charge in [0, 0.05) is 28.4 Å². The normalized spacial score (nSPS) is 13.5. The second-order valence-corrected chi connectivity index (χ2v) is 21.1. The first-order valence-electron chi connectivity index (χ1n) is 18.4. The summed E-state index contributed by atoms with van der Waals surface area (Å²) in [6, 6.07) is 42.6. The van der Waals surface area contributed by atoms with Crippen LogP contribution in [0.1, 0.15) is 52.7 Å². The molecular weight excluding hydrogens is 665 g/mol. The number of pyridine rings is 1. The standard InChI is InChI=1S/C47H46N4OSi/c1-46(2,3)32-28-36(43(52)37(29-32)47(4,5)6)45-49-41(44-42(50-45)35-22-11-12-24-39(35)53(44,7)8)31-19-15-20-33(27-31)51(40-25-13-14-26-48-40)38-23-16-18-30-17-9-10-21-34(30)38/h9-29,52H,1-8H3. The highest BCUT2D eigenvalue weighted by atomic mass is 28.3. The molecule has 2 aromatic heterocycles. The van der Waals surface area contributed by atoms with Gasteiger partial charge in [-0.15, -0.1) is 0 Å². The summed E-state index contributed by atoms with van der Waals surface area (Å²) in [5, 5.41) is 16.9. The molecule has 5 aromatic carbocycles. The van der Waals surface area contributed by atoms with Gasteiger partial charge in [0.05, 0.1) is 22.6 Å². The molecule has 1 aliphatic heterocycles. The number of aromatic nitrogens is 3. The van der Waals surface area contributed by atoms with Crippen LogP contribution in [0.4, 0.5) is 17.2 Å². The third-order valence-electron chi connectivity index (χ3n) is 10.7. The molecule has 0 unspecified atom stereocenters. The van der Waals surface area contributed by atoms with Crippen LogP contribution in [0.3, 0.4) is 0 Å². The Kier molecular flexibility index (Phi) is 8.15. The van der Waals surface area contributed by atoms with Crippen molar-refractivity contribution in [2.45, 2.75) is 65.5 Å². The summed E-state index contributed by atoms with van der Waals surface area (Å²) in [7, 11) is -2.25. The van der Waals surface area contributed by atoms with Crippen molar-refractivity contribution in [3.63, 3.8) is 0 Å². The van der Waals surface area contributed by atoms with Gasteiger partial charge >= 0.3 is 0 Å². The smallest absolute Gasteiger partial charge is 0.164 e. The number of nitrogens with zero attached hydrogens (tertiary/aromatic N) is 4. The summed E-state index contributed by atoms with van der Waals surface area (Å²) < 4.78 is 0. The Morgan fingerprint density at radius 2 is 1.34 bits per heavy atom. The van der Waals surface area contributed by atoms with Crippen molar-refractivity contribution in [1.29, 1.82) is 0 Å². The summed E-state index contributed by atoms with van der Waals surface area (Å²) in [6.07, 6.45) is 1.84. The minimum absolute atomic E-state index is 0.144. The van der Waals surface area contributed by atoms with Crippen molar-refractivity contribution >= 4 is 46.4 Å². The maximum Gasteiger partial charge on any atom is 0.164 e. The van der Waals surface area contributed by atoms with Gasteiger partial charge < -0.3 is 5.11 Å². The Hall–Kier alpha value is -5.59. The van der Waals surface area contributed by atoms with E-state index in [1.807, 2.05) is 18.3 Å². The summed E-state index contributed by atoms with van der Waals surface area (Å²) in [5.74, 6) is 1.61. The fourth-order valence-corrected chi connectivity index (χ4v) is 11.1. The number of hydrogen-bond donors (Lipinski definition) is 1. The lowest BCUT2D eigenvalue weighted by atomic mass is 9.79. The first-order chi connectivity index (χ1) is 25.2. The molecule has 0 radical (unpaired) electrons. The van der Waals surface area contributed by atoms with Crippen LogP contribution in [0.25, 0.3) is 44.7 Å². The van der Waals surface area contributed by atoms with Gasteiger partial charge in [-0.05, 0) is 74.1 Å². The monoisotopic (exact) mass is 710 g/mol. The molecule has 8 rings (SSSR count). The van der Waals surface area contributed by atoms with Crippen LogP contribution in [-0.2, 0) is 10.8 Å². The molecule has 0 saturated carbocycles. The number of hydrogen-bond acceptors (Lipinski definition) is 5. The largest absolute Gasteiger partial charge is 0.507 e. The van der Waals surface area contributed by atoms with Crippen molar-refractivity contribution in [2.75, 3.05) is 4.90 Å². The zero-order chi connectivity index (χ0) is 37.3. The van der Waals surface area contributed by atoms with Crippen LogP contribution in [-0.4, -0.2) is 28.1 Å². The lowest BCUT2D eigenvalue weighted by Gasteiger charge is -2.28. The predicted octanol–water partition coefficient (Wildman–Crippen LogP) is 10.9. The lowest BCUT2D eigenvalue weighted by molar-refractivity contribution is 0.446. The molecule has 0 amide bonds. The second-order valence-electron chi connectivity index (χ2n) is 16.8. The van der Waals surface area contributed by atoms with E-state index in [1.54, 1.807) is 0 Å². The Morgan fingerprint density at radius 3 is 2.09 bits per heavy atom. The van der Waals surface area contributed by atoms with E-state index in [0.717, 1.165) is 61.6 Å². The second kappa shape index (κ2) is 12.5. The van der Waals surface area contributed by atoms with Crippen LogP contribution in [0.2, 0.25) is 13.1 Å². The van der Waals surface area contributed by atoms with Gasteiger partial charge in [0.1, 0.15) is 19.6 Å². The molecule has 0 spiro atoms. The number of rotatable bonds is 5. The molecule has 1 N–H and O–H groups in total. The fraction of sp³-hybridized carbons (Fsp3) is 0.213. The van der Waals surface area contributed by atoms with E-state index in [0.29, 0.717) is 11.4 Å². The number of aromatic hydroxyl groups is 1. The molecule has 0 fully saturated rings. The van der Waals surface area contributed by atoms with Crippen LogP contribution in [0, 0.1) is 0 Å². The maximum absolute atomic E-state index is 12.0. The molecule has 6 heteroatoms. The number of benzene rings is 5. The molecule has 5 nitrogen and oxygen atoms in total. The average Bonchev–Trinajstić information content (AvgIpc) is 3.37. The zero-order valence-corrected chi connectivity index (χ0v) is 32.9. The molecule has 0 saturated heterocycles. The van der Waals surface area contributed by atoms with E-state index in [4.69, 9.17) is 15.0 Å². The molecular formula is C47H46N4OSi. The zero-order valence-electron chi connectivity index (χ0n) is 31.9. The summed E-state index contributed by atoms with van der Waals surface area (Å²) in [6.45, 7) is 17.9. The highest BCUT2D eigenvalue weighted by Gasteiger charge is 2.42. The first-order valence-corrected chi connectivity index (χ1v) is 21.4. The number of anilines is 3. The van der Waals surface area contributed by atoms with Gasteiger partial charge in [-0.2, -0.15) is 0 Å². The Balaban J connectivity index is 1.41. The van der Waals surface area contributed by atoms with Crippen LogP contribution < -0.4 is 15.3 Å². The van der Waals surface area contributed by atoms with Gasteiger partial charge in [0.25, 0.3) is 0 Å². The summed E-state index contributed by atoms with van der Waals surface area (Å²) >= 11 is 0. The molecule has 7 aromatic rings. The highest BCUT2D eigenvalue weighted by molar-refractivity contribution is 7.04. The third kappa shape index (κ3) is 5.91. The van der Waals surface area contributed by atoms with Gasteiger partial charge in [0.2, 0.25) is 0 Å². The predicted molar refractivity (Wildman–Crippen MR) is 224 cm³/mol. The third-order valence-corrected chi connectivity index (χ3v) is 14.2. The number of phenols is 1. The SMILES string of the molecule is CC(C)(C)c1cc(-c2nc(-c3cccc(N(c4ccccn4)c4cccc5ccccc45)c3)c3c(n2)-c2ccccc2[Si]3(C)C)c(O)c(C(C)(C)C)c1. The number of phenolic OH excluding ortho intramolecular Hbond substituents is 1. The minimum atomic E-state index is -2.25. The van der Waals surface area contributed by atoms with Gasteiger partial charge in [-0.1, -0.05) is 140 Å². The average molecular weight is 711 g/mol. The maximum atomic E-state index is 12.0. The lowest BCUT2D eigenvalue weighted by Crippen LogP contribution is -2.50. The van der Waals surface area contributed by atoms with Crippen molar-refractivity contribution in [3.8, 4) is 39.7 Å². The van der Waals surface area contributed by atoms with Crippen LogP contribution in [0.5, 0.6) is 5.75 Å². The first kappa shape index (κ1) is 34.5. The van der Waals surface area contributed by atoms with E-state index in [-0.39, 0.29) is 16.6 Å². The molecule has 1 aliphatic rings. The van der Waals surface area contributed by atoms with E-state index in [9.17, 15) is 5.11 Å². The van der Waals surface area contributed by atoms with Gasteiger partial charge in [-0.25, -0.2) is 15.0 Å². The van der Waals surface area contributed by atoms with E-state index >= 15 is 0 Å². The van der Waals surface area contributed by atoms with Crippen molar-refractivity contribution in [3.05, 3.63) is 139 Å². The van der Waals surface area contributed by atoms with Gasteiger partial charge in [-0.3, -0.25) is 4.90 Å². The Bertz CT molecular complexity index is 2520. The van der Waals surface area contributed by atoms with E-state index in [2.05, 4.69) is 169 Å². The molecule has 264 valence electrons. The molecule has 3 heterocycles. The molecule has 0 bridgehead atoms.